The Labute approximate surface area is 182 Å². The molecule has 5 rings (SSSR count). The minimum atomic E-state index is -0.250. The van der Waals surface area contributed by atoms with Crippen LogP contribution in [0.2, 0.25) is 0 Å². The largest absolute Gasteiger partial charge is 0.483 e. The summed E-state index contributed by atoms with van der Waals surface area (Å²) in [5, 5.41) is 8.67. The second-order valence-corrected chi connectivity index (χ2v) is 8.42. The molecule has 1 aromatic heterocycles. The summed E-state index contributed by atoms with van der Waals surface area (Å²) in [6, 6.07) is 17.4. The molecule has 2 saturated heterocycles. The van der Waals surface area contributed by atoms with Crippen molar-refractivity contribution < 1.29 is 9.90 Å². The summed E-state index contributed by atoms with van der Waals surface area (Å²) in [6.07, 6.45) is 2.71. The maximum atomic E-state index is 12.5. The Morgan fingerprint density at radius 3 is 2.65 bits per heavy atom. The standard InChI is InChI=1S/C24H27N3O.CH2O2/c1-17-4-2-6-21-22(17)14-23(25-24(21)28)19-9-7-18(8-10-19)15-26-12-13-27-11-3-5-20(27)16-26;2-1-3/h2,4,6-10,14,20H,3,5,11-13,15-16H2,1H3,(H,25,28);1H,(H,2,3). The summed E-state index contributed by atoms with van der Waals surface area (Å²) >= 11 is 0. The highest BCUT2D eigenvalue weighted by Crippen LogP contribution is 2.25. The van der Waals surface area contributed by atoms with Crippen molar-refractivity contribution in [3.05, 3.63) is 70.0 Å². The molecule has 6 nitrogen and oxygen atoms in total. The third-order valence-corrected chi connectivity index (χ3v) is 6.45. The number of carboxylic acid groups (broad SMARTS) is 1. The first-order chi connectivity index (χ1) is 15.1. The van der Waals surface area contributed by atoms with Gasteiger partial charge in [0.1, 0.15) is 0 Å². The Balaban J connectivity index is 0.000000730. The molecule has 31 heavy (non-hydrogen) atoms. The molecule has 2 aliphatic rings. The lowest BCUT2D eigenvalue weighted by Crippen LogP contribution is -2.49. The van der Waals surface area contributed by atoms with Crippen LogP contribution in [0.15, 0.2) is 53.3 Å². The molecule has 0 radical (unpaired) electrons. The second kappa shape index (κ2) is 9.45. The molecular weight excluding hydrogens is 390 g/mol. The van der Waals surface area contributed by atoms with Crippen LogP contribution in [0.5, 0.6) is 0 Å². The van der Waals surface area contributed by atoms with Crippen molar-refractivity contribution in [3.63, 3.8) is 0 Å². The molecule has 6 heteroatoms. The number of hydrogen-bond donors (Lipinski definition) is 2. The molecule has 0 bridgehead atoms. The van der Waals surface area contributed by atoms with Gasteiger partial charge in [0.25, 0.3) is 12.0 Å². The van der Waals surface area contributed by atoms with Gasteiger partial charge in [0.05, 0.1) is 0 Å². The van der Waals surface area contributed by atoms with E-state index in [4.69, 9.17) is 9.90 Å². The molecule has 0 saturated carbocycles. The maximum absolute atomic E-state index is 12.5. The lowest BCUT2D eigenvalue weighted by Gasteiger charge is -2.37. The predicted octanol–water partition coefficient (Wildman–Crippen LogP) is 3.48. The van der Waals surface area contributed by atoms with Crippen molar-refractivity contribution >= 4 is 17.2 Å². The number of aryl methyl sites for hydroxylation is 1. The lowest BCUT2D eigenvalue weighted by atomic mass is 10.0. The van der Waals surface area contributed by atoms with E-state index in [1.807, 2.05) is 12.1 Å². The first-order valence-electron chi connectivity index (χ1n) is 10.9. The van der Waals surface area contributed by atoms with Crippen LogP contribution >= 0.6 is 0 Å². The molecule has 3 aromatic rings. The second-order valence-electron chi connectivity index (χ2n) is 8.42. The van der Waals surface area contributed by atoms with Gasteiger partial charge < -0.3 is 10.1 Å². The monoisotopic (exact) mass is 419 g/mol. The van der Waals surface area contributed by atoms with Gasteiger partial charge in [-0.2, -0.15) is 0 Å². The normalized spacial score (nSPS) is 18.9. The molecular formula is C25H29N3O3. The highest BCUT2D eigenvalue weighted by Gasteiger charge is 2.30. The van der Waals surface area contributed by atoms with Crippen LogP contribution < -0.4 is 5.56 Å². The van der Waals surface area contributed by atoms with E-state index in [0.29, 0.717) is 0 Å². The smallest absolute Gasteiger partial charge is 0.290 e. The van der Waals surface area contributed by atoms with Crippen molar-refractivity contribution in [2.75, 3.05) is 26.2 Å². The van der Waals surface area contributed by atoms with E-state index in [9.17, 15) is 4.79 Å². The van der Waals surface area contributed by atoms with E-state index in [1.54, 1.807) is 0 Å². The number of aromatic nitrogens is 1. The van der Waals surface area contributed by atoms with Crippen LogP contribution in [-0.2, 0) is 11.3 Å². The Hall–Kier alpha value is -2.96. The molecule has 1 unspecified atom stereocenters. The van der Waals surface area contributed by atoms with E-state index in [2.05, 4.69) is 58.1 Å². The molecule has 162 valence electrons. The van der Waals surface area contributed by atoms with E-state index in [-0.39, 0.29) is 12.0 Å². The quantitative estimate of drug-likeness (QED) is 0.636. The number of piperazine rings is 1. The summed E-state index contributed by atoms with van der Waals surface area (Å²) in [5.74, 6) is 0. The van der Waals surface area contributed by atoms with Crippen LogP contribution in [0.4, 0.5) is 0 Å². The Morgan fingerprint density at radius 1 is 1.10 bits per heavy atom. The van der Waals surface area contributed by atoms with Gasteiger partial charge >= 0.3 is 0 Å². The Morgan fingerprint density at radius 2 is 1.87 bits per heavy atom. The van der Waals surface area contributed by atoms with Crippen molar-refractivity contribution in [3.8, 4) is 11.3 Å². The van der Waals surface area contributed by atoms with Crippen LogP contribution in [0.1, 0.15) is 24.0 Å². The van der Waals surface area contributed by atoms with Gasteiger partial charge in [0.15, 0.2) is 0 Å². The van der Waals surface area contributed by atoms with Crippen LogP contribution in [0.25, 0.3) is 22.0 Å². The lowest BCUT2D eigenvalue weighted by molar-refractivity contribution is -0.122. The Bertz CT molecular complexity index is 1110. The summed E-state index contributed by atoms with van der Waals surface area (Å²) in [5.41, 5.74) is 4.40. The number of fused-ring (bicyclic) bond motifs is 2. The van der Waals surface area contributed by atoms with Crippen LogP contribution in [0, 0.1) is 6.92 Å². The van der Waals surface area contributed by atoms with E-state index >= 15 is 0 Å². The number of carbonyl (C=O) groups is 1. The molecule has 2 aliphatic heterocycles. The van der Waals surface area contributed by atoms with Gasteiger partial charge in [0, 0.05) is 43.3 Å². The van der Waals surface area contributed by atoms with Gasteiger partial charge in [-0.3, -0.25) is 19.4 Å². The predicted molar refractivity (Wildman–Crippen MR) is 123 cm³/mol. The first kappa shape index (κ1) is 21.3. The van der Waals surface area contributed by atoms with E-state index in [0.717, 1.165) is 46.7 Å². The third-order valence-electron chi connectivity index (χ3n) is 6.45. The molecule has 2 fully saturated rings. The Kier molecular flexibility index (Phi) is 6.49. The van der Waals surface area contributed by atoms with E-state index in [1.165, 1.54) is 38.0 Å². The number of nitrogens with zero attached hydrogens (tertiary/aromatic N) is 2. The zero-order chi connectivity index (χ0) is 21.8. The third kappa shape index (κ3) is 4.70. The van der Waals surface area contributed by atoms with Gasteiger partial charge in [-0.05, 0) is 60.5 Å². The number of benzene rings is 2. The number of H-pyrrole nitrogens is 1. The minimum absolute atomic E-state index is 0.0188. The number of hydrogen-bond acceptors (Lipinski definition) is 4. The minimum Gasteiger partial charge on any atom is -0.483 e. The fourth-order valence-corrected chi connectivity index (χ4v) is 4.84. The molecule has 3 heterocycles. The average Bonchev–Trinajstić information content (AvgIpc) is 3.23. The molecule has 2 N–H and O–H groups in total. The van der Waals surface area contributed by atoms with Crippen molar-refractivity contribution in [2.45, 2.75) is 32.4 Å². The molecule has 0 spiro atoms. The fraction of sp³-hybridized carbons (Fsp3) is 0.360. The summed E-state index contributed by atoms with van der Waals surface area (Å²) in [4.78, 5) is 29.1. The maximum Gasteiger partial charge on any atom is 0.290 e. The SMILES string of the molecule is Cc1cccc2c(=O)[nH]c(-c3ccc(CN4CCN5CCCC5C4)cc3)cc12.O=CO. The summed E-state index contributed by atoms with van der Waals surface area (Å²) in [7, 11) is 0. The van der Waals surface area contributed by atoms with Crippen molar-refractivity contribution in [2.24, 2.45) is 0 Å². The number of aromatic amines is 1. The molecule has 0 aliphatic carbocycles. The molecule has 0 amide bonds. The summed E-state index contributed by atoms with van der Waals surface area (Å²) in [6.45, 7) is 7.67. The van der Waals surface area contributed by atoms with Gasteiger partial charge in [0.2, 0.25) is 0 Å². The zero-order valence-corrected chi connectivity index (χ0v) is 17.9. The summed E-state index contributed by atoms with van der Waals surface area (Å²) < 4.78 is 0. The highest BCUT2D eigenvalue weighted by molar-refractivity contribution is 5.87. The van der Waals surface area contributed by atoms with Crippen LogP contribution in [-0.4, -0.2) is 58.6 Å². The molecule has 1 atom stereocenters. The zero-order valence-electron chi connectivity index (χ0n) is 17.9. The highest BCUT2D eigenvalue weighted by atomic mass is 16.3. The van der Waals surface area contributed by atoms with Gasteiger partial charge in [-0.25, -0.2) is 0 Å². The topological polar surface area (TPSA) is 76.6 Å². The molecule has 2 aromatic carbocycles. The van der Waals surface area contributed by atoms with Crippen molar-refractivity contribution in [1.82, 2.24) is 14.8 Å². The number of nitrogens with one attached hydrogen (secondary N) is 1. The number of rotatable bonds is 3. The van der Waals surface area contributed by atoms with E-state index < -0.39 is 0 Å². The fourth-order valence-electron chi connectivity index (χ4n) is 4.84. The number of pyridine rings is 1. The van der Waals surface area contributed by atoms with Gasteiger partial charge in [-0.15, -0.1) is 0 Å². The van der Waals surface area contributed by atoms with Crippen molar-refractivity contribution in [1.29, 1.82) is 0 Å². The van der Waals surface area contributed by atoms with Crippen LogP contribution in [0.3, 0.4) is 0 Å². The van der Waals surface area contributed by atoms with Gasteiger partial charge in [-0.1, -0.05) is 36.4 Å². The first-order valence-corrected chi connectivity index (χ1v) is 10.9. The average molecular weight is 420 g/mol.